The molecule has 0 saturated heterocycles. The van der Waals surface area contributed by atoms with Crippen molar-refractivity contribution < 1.29 is 18.9 Å². The van der Waals surface area contributed by atoms with Gasteiger partial charge >= 0.3 is 5.97 Å². The van der Waals surface area contributed by atoms with Crippen molar-refractivity contribution in [2.75, 3.05) is 6.26 Å². The Bertz CT molecular complexity index is 583. The molecule has 21 heavy (non-hydrogen) atoms. The van der Waals surface area contributed by atoms with E-state index >= 15 is 0 Å². The third-order valence-electron chi connectivity index (χ3n) is 3.49. The molecule has 0 heterocycles. The average molecular weight is 309 g/mol. The molecule has 1 aliphatic rings. The van der Waals surface area contributed by atoms with E-state index in [1.807, 2.05) is 6.07 Å². The molecule has 1 saturated carbocycles. The molecular weight excluding hydrogens is 290 g/mol. The van der Waals surface area contributed by atoms with Gasteiger partial charge in [-0.3, -0.25) is 9.00 Å². The van der Waals surface area contributed by atoms with E-state index in [9.17, 15) is 13.8 Å². The largest absolute Gasteiger partial charge is 0.480 e. The molecule has 0 aliphatic heterocycles. The van der Waals surface area contributed by atoms with E-state index in [1.165, 1.54) is 11.8 Å². The SMILES string of the molecule is CC(C(=O)O)N(C(=O)c1cccc(CS(C)=O)c1)C1CC1. The quantitative estimate of drug-likeness (QED) is 0.867. The number of aliphatic carboxylic acids is 1. The number of carboxylic acids is 1. The van der Waals surface area contributed by atoms with Gasteiger partial charge in [0.1, 0.15) is 6.04 Å². The lowest BCUT2D eigenvalue weighted by Gasteiger charge is -2.26. The number of benzene rings is 1. The summed E-state index contributed by atoms with van der Waals surface area (Å²) in [6.45, 7) is 1.53. The maximum atomic E-state index is 12.6. The van der Waals surface area contributed by atoms with Crippen molar-refractivity contribution in [1.82, 2.24) is 4.90 Å². The van der Waals surface area contributed by atoms with Gasteiger partial charge in [-0.2, -0.15) is 0 Å². The maximum absolute atomic E-state index is 12.6. The third kappa shape index (κ3) is 3.91. The number of amides is 1. The number of carbonyl (C=O) groups is 2. The van der Waals surface area contributed by atoms with Crippen molar-refractivity contribution in [2.45, 2.75) is 37.6 Å². The summed E-state index contributed by atoms with van der Waals surface area (Å²) in [6, 6.07) is 6.12. The molecule has 1 aromatic rings. The number of hydrogen-bond acceptors (Lipinski definition) is 3. The Morgan fingerprint density at radius 2 is 2.10 bits per heavy atom. The molecule has 1 fully saturated rings. The predicted molar refractivity (Wildman–Crippen MR) is 80.5 cm³/mol. The van der Waals surface area contributed by atoms with Crippen molar-refractivity contribution in [3.8, 4) is 0 Å². The lowest BCUT2D eigenvalue weighted by atomic mass is 10.1. The van der Waals surface area contributed by atoms with E-state index in [4.69, 9.17) is 5.11 Å². The minimum atomic E-state index is -0.999. The highest BCUT2D eigenvalue weighted by atomic mass is 32.2. The van der Waals surface area contributed by atoms with E-state index in [0.717, 1.165) is 18.4 Å². The van der Waals surface area contributed by atoms with Crippen LogP contribution in [-0.4, -0.2) is 44.4 Å². The number of rotatable bonds is 6. The molecule has 0 bridgehead atoms. The van der Waals surface area contributed by atoms with E-state index in [-0.39, 0.29) is 11.9 Å². The van der Waals surface area contributed by atoms with Gasteiger partial charge in [0.2, 0.25) is 0 Å². The van der Waals surface area contributed by atoms with Crippen molar-refractivity contribution >= 4 is 22.7 Å². The summed E-state index contributed by atoms with van der Waals surface area (Å²) in [5.74, 6) is -0.879. The zero-order valence-corrected chi connectivity index (χ0v) is 12.9. The predicted octanol–water partition coefficient (Wildman–Crippen LogP) is 1.64. The number of hydrogen-bond donors (Lipinski definition) is 1. The monoisotopic (exact) mass is 309 g/mol. The van der Waals surface area contributed by atoms with Gasteiger partial charge in [0.05, 0.1) is 0 Å². The van der Waals surface area contributed by atoms with Gasteiger partial charge in [0.15, 0.2) is 0 Å². The lowest BCUT2D eigenvalue weighted by Crippen LogP contribution is -2.44. The highest BCUT2D eigenvalue weighted by Crippen LogP contribution is 2.30. The Hall–Kier alpha value is -1.69. The minimum absolute atomic E-state index is 0.0209. The van der Waals surface area contributed by atoms with E-state index in [0.29, 0.717) is 11.3 Å². The Kier molecular flexibility index (Phi) is 4.77. The number of carbonyl (C=O) groups excluding carboxylic acids is 1. The topological polar surface area (TPSA) is 74.7 Å². The minimum Gasteiger partial charge on any atom is -0.480 e. The molecule has 0 spiro atoms. The summed E-state index contributed by atoms with van der Waals surface area (Å²) in [5, 5.41) is 9.16. The van der Waals surface area contributed by atoms with Gasteiger partial charge in [-0.1, -0.05) is 12.1 Å². The van der Waals surface area contributed by atoms with Gasteiger partial charge in [0, 0.05) is 34.4 Å². The molecule has 1 amide bonds. The smallest absolute Gasteiger partial charge is 0.326 e. The Balaban J connectivity index is 2.24. The van der Waals surface area contributed by atoms with Crippen LogP contribution in [0.15, 0.2) is 24.3 Å². The van der Waals surface area contributed by atoms with Crippen LogP contribution in [0.3, 0.4) is 0 Å². The molecular formula is C15H19NO4S. The van der Waals surface area contributed by atoms with Crippen LogP contribution in [0, 0.1) is 0 Å². The summed E-state index contributed by atoms with van der Waals surface area (Å²) >= 11 is 0. The van der Waals surface area contributed by atoms with Crippen LogP contribution in [0.4, 0.5) is 0 Å². The van der Waals surface area contributed by atoms with Crippen molar-refractivity contribution in [3.63, 3.8) is 0 Å². The first-order valence-electron chi connectivity index (χ1n) is 6.84. The molecule has 0 radical (unpaired) electrons. The van der Waals surface area contributed by atoms with Gasteiger partial charge in [-0.05, 0) is 37.5 Å². The molecule has 1 aromatic carbocycles. The molecule has 114 valence electrons. The zero-order valence-electron chi connectivity index (χ0n) is 12.1. The molecule has 6 heteroatoms. The molecule has 1 N–H and O–H groups in total. The van der Waals surface area contributed by atoms with Crippen LogP contribution in [-0.2, 0) is 21.3 Å². The summed E-state index contributed by atoms with van der Waals surface area (Å²) in [5.41, 5.74) is 1.28. The summed E-state index contributed by atoms with van der Waals surface area (Å²) in [6.07, 6.45) is 3.31. The van der Waals surface area contributed by atoms with Gasteiger partial charge in [-0.25, -0.2) is 4.79 Å². The van der Waals surface area contributed by atoms with Crippen molar-refractivity contribution in [2.24, 2.45) is 0 Å². The first-order valence-corrected chi connectivity index (χ1v) is 8.57. The van der Waals surface area contributed by atoms with Gasteiger partial charge in [-0.15, -0.1) is 0 Å². The second-order valence-electron chi connectivity index (χ2n) is 5.38. The van der Waals surface area contributed by atoms with Crippen LogP contribution in [0.5, 0.6) is 0 Å². The van der Waals surface area contributed by atoms with Crippen LogP contribution in [0.1, 0.15) is 35.7 Å². The summed E-state index contributed by atoms with van der Waals surface area (Å²) < 4.78 is 11.3. The Labute approximate surface area is 126 Å². The van der Waals surface area contributed by atoms with Crippen molar-refractivity contribution in [3.05, 3.63) is 35.4 Å². The second-order valence-corrected chi connectivity index (χ2v) is 6.81. The highest BCUT2D eigenvalue weighted by molar-refractivity contribution is 7.83. The standard InChI is InChI=1S/C15H19NO4S/c1-10(15(18)19)16(13-6-7-13)14(17)12-5-3-4-11(8-12)9-21(2)20/h3-5,8,10,13H,6-7,9H2,1-2H3,(H,18,19). The van der Waals surface area contributed by atoms with Gasteiger partial charge in [0.25, 0.3) is 5.91 Å². The van der Waals surface area contributed by atoms with E-state index in [2.05, 4.69) is 0 Å². The lowest BCUT2D eigenvalue weighted by molar-refractivity contribution is -0.141. The molecule has 5 nitrogen and oxygen atoms in total. The first kappa shape index (κ1) is 15.7. The normalized spacial score (nSPS) is 17.0. The fourth-order valence-electron chi connectivity index (χ4n) is 2.31. The van der Waals surface area contributed by atoms with Crippen molar-refractivity contribution in [1.29, 1.82) is 0 Å². The fourth-order valence-corrected chi connectivity index (χ4v) is 2.96. The van der Waals surface area contributed by atoms with Crippen LogP contribution >= 0.6 is 0 Å². The fraction of sp³-hybridized carbons (Fsp3) is 0.467. The van der Waals surface area contributed by atoms with Crippen LogP contribution in [0.2, 0.25) is 0 Å². The first-order chi connectivity index (χ1) is 9.90. The van der Waals surface area contributed by atoms with Crippen LogP contribution in [0.25, 0.3) is 0 Å². The molecule has 2 rings (SSSR count). The Morgan fingerprint density at radius 3 is 2.62 bits per heavy atom. The molecule has 2 unspecified atom stereocenters. The van der Waals surface area contributed by atoms with Gasteiger partial charge < -0.3 is 10.0 Å². The van der Waals surface area contributed by atoms with E-state index in [1.54, 1.807) is 24.5 Å². The third-order valence-corrected chi connectivity index (χ3v) is 4.23. The average Bonchev–Trinajstić information content (AvgIpc) is 3.22. The molecule has 2 atom stereocenters. The summed E-state index contributed by atoms with van der Waals surface area (Å²) in [4.78, 5) is 25.2. The number of nitrogens with zero attached hydrogens (tertiary/aromatic N) is 1. The summed E-state index contributed by atoms with van der Waals surface area (Å²) in [7, 11) is -0.980. The zero-order chi connectivity index (χ0) is 15.6. The molecule has 0 aromatic heterocycles. The molecule has 1 aliphatic carbocycles. The Morgan fingerprint density at radius 1 is 1.43 bits per heavy atom. The van der Waals surface area contributed by atoms with Crippen LogP contribution < -0.4 is 0 Å². The maximum Gasteiger partial charge on any atom is 0.326 e. The van der Waals surface area contributed by atoms with E-state index < -0.39 is 22.8 Å². The number of carboxylic acid groups (broad SMARTS) is 1. The second kappa shape index (κ2) is 6.39. The highest BCUT2D eigenvalue weighted by Gasteiger charge is 2.38.